The molecular weight excluding hydrogens is 557 g/mol. The lowest BCUT2D eigenvalue weighted by Crippen LogP contribution is -2.53. The molecule has 210 valence electrons. The molecule has 0 amide bonds. The maximum Gasteiger partial charge on any atom is 0.387 e. The Bertz CT molecular complexity index is 1740. The summed E-state index contributed by atoms with van der Waals surface area (Å²) in [4.78, 5) is 18.3. The van der Waals surface area contributed by atoms with E-state index in [-0.39, 0.29) is 53.9 Å². The van der Waals surface area contributed by atoms with Crippen molar-refractivity contribution in [2.24, 2.45) is 5.41 Å². The molecule has 6 rings (SSSR count). The number of ether oxygens (including phenoxy) is 1. The van der Waals surface area contributed by atoms with Gasteiger partial charge in [0.05, 0.1) is 27.9 Å². The zero-order valence-electron chi connectivity index (χ0n) is 21.5. The highest BCUT2D eigenvalue weighted by atomic mass is 32.2. The highest BCUT2D eigenvalue weighted by Gasteiger charge is 2.51. The van der Waals surface area contributed by atoms with Gasteiger partial charge in [-0.05, 0) is 85.1 Å². The van der Waals surface area contributed by atoms with Crippen LogP contribution in [-0.2, 0) is 16.4 Å². The van der Waals surface area contributed by atoms with Crippen LogP contribution in [0.25, 0.3) is 11.8 Å². The van der Waals surface area contributed by atoms with Gasteiger partial charge in [0.25, 0.3) is 0 Å². The largest absolute Gasteiger partial charge is 0.435 e. The number of ketones is 1. The predicted octanol–water partition coefficient (Wildman–Crippen LogP) is 4.91. The normalized spacial score (nSPS) is 18.9. The van der Waals surface area contributed by atoms with Crippen LogP contribution in [0.3, 0.4) is 0 Å². The minimum atomic E-state index is -4.10. The van der Waals surface area contributed by atoms with E-state index in [0.717, 1.165) is 16.8 Å². The predicted molar refractivity (Wildman–Crippen MR) is 143 cm³/mol. The van der Waals surface area contributed by atoms with Crippen molar-refractivity contribution in [1.82, 2.24) is 19.1 Å². The van der Waals surface area contributed by atoms with Crippen LogP contribution in [0.5, 0.6) is 5.75 Å². The summed E-state index contributed by atoms with van der Waals surface area (Å²) in [5.74, 6) is -0.856. The Morgan fingerprint density at radius 3 is 2.46 bits per heavy atom. The number of benzene rings is 2. The molecule has 0 radical (unpaired) electrons. The number of nitrogens with zero attached hydrogens (tertiary/aromatic N) is 4. The highest BCUT2D eigenvalue weighted by Crippen LogP contribution is 2.47. The Labute approximate surface area is 233 Å². The van der Waals surface area contributed by atoms with Crippen molar-refractivity contribution < 1.29 is 31.1 Å². The van der Waals surface area contributed by atoms with E-state index in [1.165, 1.54) is 46.9 Å². The fourth-order valence-electron chi connectivity index (χ4n) is 5.49. The molecule has 4 aromatic rings. The summed E-state index contributed by atoms with van der Waals surface area (Å²) in [6.45, 7) is -3.08. The molecule has 1 aliphatic heterocycles. The number of aromatic nitrogens is 3. The molecule has 2 aromatic carbocycles. The minimum absolute atomic E-state index is 0.0979. The first kappa shape index (κ1) is 26.9. The van der Waals surface area contributed by atoms with Crippen LogP contribution in [0, 0.1) is 11.2 Å². The Morgan fingerprint density at radius 1 is 1.02 bits per heavy atom. The second-order valence-corrected chi connectivity index (χ2v) is 11.8. The molecule has 1 unspecified atom stereocenters. The number of carbonyl (C=O) groups is 1. The molecule has 1 saturated heterocycles. The van der Waals surface area contributed by atoms with E-state index in [2.05, 4.69) is 14.8 Å². The van der Waals surface area contributed by atoms with Crippen LogP contribution in [0.15, 0.2) is 89.6 Å². The van der Waals surface area contributed by atoms with Crippen LogP contribution in [-0.4, -0.2) is 53.0 Å². The lowest BCUT2D eigenvalue weighted by Gasteiger charge is -2.44. The van der Waals surface area contributed by atoms with Crippen molar-refractivity contribution in [3.63, 3.8) is 0 Å². The summed E-state index contributed by atoms with van der Waals surface area (Å²) in [7, 11) is -4.10. The SMILES string of the molecule is O=C(c1ccccn1)C12Cc3cnn(-c4ccc(F)cc4)c3C=C1CCN(S(=O)(=O)c1ccc(OC(F)F)cc1)C2. The maximum absolute atomic E-state index is 14.2. The first-order chi connectivity index (χ1) is 19.7. The van der Waals surface area contributed by atoms with Crippen LogP contribution in [0.1, 0.15) is 28.2 Å². The first-order valence-corrected chi connectivity index (χ1v) is 14.2. The molecular formula is C29H23F3N4O4S. The Balaban J connectivity index is 1.40. The monoisotopic (exact) mass is 580 g/mol. The molecule has 0 spiro atoms. The van der Waals surface area contributed by atoms with Crippen molar-refractivity contribution in [2.45, 2.75) is 24.3 Å². The van der Waals surface area contributed by atoms with E-state index in [1.54, 1.807) is 41.2 Å². The zero-order chi connectivity index (χ0) is 28.8. The van der Waals surface area contributed by atoms with E-state index in [1.807, 2.05) is 6.08 Å². The summed E-state index contributed by atoms with van der Waals surface area (Å²) in [5, 5.41) is 4.49. The number of fused-ring (bicyclic) bond motifs is 2. The van der Waals surface area contributed by atoms with Gasteiger partial charge in [-0.15, -0.1) is 0 Å². The number of piperidine rings is 1. The summed E-state index contributed by atoms with van der Waals surface area (Å²) in [6.07, 6.45) is 5.45. The number of hydrogen-bond donors (Lipinski definition) is 0. The average molecular weight is 581 g/mol. The number of pyridine rings is 1. The topological polar surface area (TPSA) is 94.4 Å². The molecule has 12 heteroatoms. The molecule has 1 atom stereocenters. The molecule has 0 N–H and O–H groups in total. The van der Waals surface area contributed by atoms with E-state index in [9.17, 15) is 26.4 Å². The lowest BCUT2D eigenvalue weighted by molar-refractivity contribution is -0.0498. The third-order valence-corrected chi connectivity index (χ3v) is 9.33. The van der Waals surface area contributed by atoms with Crippen molar-refractivity contribution in [1.29, 1.82) is 0 Å². The van der Waals surface area contributed by atoms with Crippen LogP contribution in [0.2, 0.25) is 0 Å². The van der Waals surface area contributed by atoms with Gasteiger partial charge < -0.3 is 4.74 Å². The van der Waals surface area contributed by atoms with Gasteiger partial charge in [0.15, 0.2) is 5.78 Å². The van der Waals surface area contributed by atoms with Gasteiger partial charge in [0, 0.05) is 19.3 Å². The fourth-order valence-corrected chi connectivity index (χ4v) is 6.99. The summed E-state index contributed by atoms with van der Waals surface area (Å²) < 4.78 is 73.3. The Hall–Kier alpha value is -4.29. The standard InChI is InChI=1S/C29H23F3N4O4S/c30-21-4-6-22(7-5-21)36-26-15-20-12-14-35(41(38,39)24-10-8-23(9-11-24)40-28(31)32)18-29(20,16-19(26)17-34-36)27(37)25-3-1-2-13-33-25/h1-11,13,15,17,28H,12,14,16,18H2. The summed E-state index contributed by atoms with van der Waals surface area (Å²) in [6, 6.07) is 15.6. The van der Waals surface area contributed by atoms with Gasteiger partial charge in [0.1, 0.15) is 17.3 Å². The van der Waals surface area contributed by atoms with Crippen molar-refractivity contribution in [3.8, 4) is 11.4 Å². The van der Waals surface area contributed by atoms with Crippen LogP contribution >= 0.6 is 0 Å². The smallest absolute Gasteiger partial charge is 0.387 e. The van der Waals surface area contributed by atoms with Crippen LogP contribution < -0.4 is 4.74 Å². The highest BCUT2D eigenvalue weighted by molar-refractivity contribution is 7.89. The van der Waals surface area contributed by atoms with Gasteiger partial charge in [-0.1, -0.05) is 11.6 Å². The number of hydrogen-bond acceptors (Lipinski definition) is 6. The third-order valence-electron chi connectivity index (χ3n) is 7.47. The molecule has 1 aliphatic carbocycles. The third kappa shape index (κ3) is 4.82. The molecule has 0 saturated carbocycles. The number of halogens is 3. The van der Waals surface area contributed by atoms with E-state index < -0.39 is 22.0 Å². The van der Waals surface area contributed by atoms with Gasteiger partial charge in [0.2, 0.25) is 10.0 Å². The van der Waals surface area contributed by atoms with Crippen molar-refractivity contribution in [2.75, 3.05) is 13.1 Å². The average Bonchev–Trinajstić information content (AvgIpc) is 3.38. The lowest BCUT2D eigenvalue weighted by atomic mass is 9.65. The quantitative estimate of drug-likeness (QED) is 0.289. The minimum Gasteiger partial charge on any atom is -0.435 e. The number of sulfonamides is 1. The second kappa shape index (κ2) is 10.3. The molecule has 8 nitrogen and oxygen atoms in total. The van der Waals surface area contributed by atoms with Crippen LogP contribution in [0.4, 0.5) is 13.2 Å². The fraction of sp³-hybridized carbons (Fsp3) is 0.207. The van der Waals surface area contributed by atoms with Gasteiger partial charge in [-0.3, -0.25) is 9.78 Å². The second-order valence-electron chi connectivity index (χ2n) is 9.85. The number of alkyl halides is 2. The maximum atomic E-state index is 14.2. The number of Topliss-reactive ketones (excluding diaryl/α,β-unsaturated/α-hetero) is 1. The zero-order valence-corrected chi connectivity index (χ0v) is 22.3. The van der Waals surface area contributed by atoms with E-state index >= 15 is 0 Å². The Morgan fingerprint density at radius 2 is 1.78 bits per heavy atom. The molecule has 0 bridgehead atoms. The number of carbonyl (C=O) groups excluding carboxylic acids is 1. The van der Waals surface area contributed by atoms with E-state index in [4.69, 9.17) is 0 Å². The van der Waals surface area contributed by atoms with Crippen molar-refractivity contribution >= 4 is 21.9 Å². The summed E-state index contributed by atoms with van der Waals surface area (Å²) >= 11 is 0. The molecule has 3 heterocycles. The van der Waals surface area contributed by atoms with E-state index in [0.29, 0.717) is 5.69 Å². The van der Waals surface area contributed by atoms with Crippen molar-refractivity contribution in [3.05, 3.63) is 107 Å². The molecule has 2 aliphatic rings. The molecule has 41 heavy (non-hydrogen) atoms. The van der Waals surface area contributed by atoms with Gasteiger partial charge >= 0.3 is 6.61 Å². The molecule has 1 fully saturated rings. The molecule has 2 aromatic heterocycles. The number of rotatable bonds is 7. The van der Waals surface area contributed by atoms with Gasteiger partial charge in [-0.25, -0.2) is 17.5 Å². The first-order valence-electron chi connectivity index (χ1n) is 12.7. The van der Waals surface area contributed by atoms with Gasteiger partial charge in [-0.2, -0.15) is 18.2 Å². The Kier molecular flexibility index (Phi) is 6.74. The summed E-state index contributed by atoms with van der Waals surface area (Å²) in [5.41, 5.74) is 1.82.